The predicted octanol–water partition coefficient (Wildman–Crippen LogP) is 2.76. The van der Waals surface area contributed by atoms with Gasteiger partial charge in [-0.25, -0.2) is 9.18 Å². The van der Waals surface area contributed by atoms with Gasteiger partial charge in [0.25, 0.3) is 0 Å². The molecule has 2 aliphatic heterocycles. The molecule has 4 rings (SSSR count). The highest BCUT2D eigenvalue weighted by Crippen LogP contribution is 2.41. The molecule has 140 valence electrons. The SMILES string of the molecule is O=C(NCc1cccc(F)c1)N1CC[C@@]2(CCCN(CC3CC3)C2=O)C1. The van der Waals surface area contributed by atoms with Gasteiger partial charge in [0.1, 0.15) is 5.82 Å². The second kappa shape index (κ2) is 6.89. The van der Waals surface area contributed by atoms with E-state index in [2.05, 4.69) is 5.32 Å². The highest BCUT2D eigenvalue weighted by molar-refractivity contribution is 5.85. The lowest BCUT2D eigenvalue weighted by atomic mass is 9.78. The normalized spacial score (nSPS) is 25.8. The third kappa shape index (κ3) is 3.55. The lowest BCUT2D eigenvalue weighted by Gasteiger charge is -2.39. The molecule has 0 unspecified atom stereocenters. The number of rotatable bonds is 4. The lowest BCUT2D eigenvalue weighted by Crippen LogP contribution is -2.51. The second-order valence-electron chi connectivity index (χ2n) is 8.04. The van der Waals surface area contributed by atoms with Gasteiger partial charge in [0, 0.05) is 32.7 Å². The molecular weight excluding hydrogens is 333 g/mol. The molecule has 3 amide bonds. The smallest absolute Gasteiger partial charge is 0.317 e. The largest absolute Gasteiger partial charge is 0.342 e. The molecule has 1 aromatic carbocycles. The zero-order valence-electron chi connectivity index (χ0n) is 15.0. The minimum absolute atomic E-state index is 0.168. The summed E-state index contributed by atoms with van der Waals surface area (Å²) in [6.07, 6.45) is 5.13. The van der Waals surface area contributed by atoms with Crippen molar-refractivity contribution in [3.63, 3.8) is 0 Å². The van der Waals surface area contributed by atoms with E-state index < -0.39 is 0 Å². The summed E-state index contributed by atoms with van der Waals surface area (Å²) < 4.78 is 13.2. The van der Waals surface area contributed by atoms with Crippen LogP contribution >= 0.6 is 0 Å². The van der Waals surface area contributed by atoms with Crippen molar-refractivity contribution in [2.24, 2.45) is 11.3 Å². The maximum atomic E-state index is 13.2. The molecule has 1 atom stereocenters. The minimum Gasteiger partial charge on any atom is -0.342 e. The van der Waals surface area contributed by atoms with Crippen LogP contribution < -0.4 is 5.32 Å². The molecule has 0 radical (unpaired) electrons. The Morgan fingerprint density at radius 2 is 2.12 bits per heavy atom. The first-order valence-electron chi connectivity index (χ1n) is 9.62. The van der Waals surface area contributed by atoms with Crippen LogP contribution in [0.2, 0.25) is 0 Å². The van der Waals surface area contributed by atoms with Crippen LogP contribution in [0.3, 0.4) is 0 Å². The fourth-order valence-electron chi connectivity index (χ4n) is 4.30. The summed E-state index contributed by atoms with van der Waals surface area (Å²) in [6, 6.07) is 6.06. The van der Waals surface area contributed by atoms with Gasteiger partial charge in [0.2, 0.25) is 5.91 Å². The fraction of sp³-hybridized carbons (Fsp3) is 0.600. The molecule has 5 nitrogen and oxygen atoms in total. The summed E-state index contributed by atoms with van der Waals surface area (Å²) in [5, 5.41) is 2.85. The number of carbonyl (C=O) groups is 2. The van der Waals surface area contributed by atoms with Gasteiger partial charge in [-0.1, -0.05) is 12.1 Å². The molecule has 1 saturated carbocycles. The molecule has 1 spiro atoms. The van der Waals surface area contributed by atoms with Crippen molar-refractivity contribution >= 4 is 11.9 Å². The number of likely N-dealkylation sites (tertiary alicyclic amines) is 2. The first kappa shape index (κ1) is 17.3. The molecule has 6 heteroatoms. The van der Waals surface area contributed by atoms with Gasteiger partial charge >= 0.3 is 6.03 Å². The van der Waals surface area contributed by atoms with Crippen molar-refractivity contribution in [2.45, 2.75) is 38.6 Å². The van der Waals surface area contributed by atoms with Crippen molar-refractivity contribution in [3.8, 4) is 0 Å². The van der Waals surface area contributed by atoms with E-state index in [0.29, 0.717) is 25.6 Å². The fourth-order valence-corrected chi connectivity index (χ4v) is 4.30. The Morgan fingerprint density at radius 3 is 2.88 bits per heavy atom. The quantitative estimate of drug-likeness (QED) is 0.899. The highest BCUT2D eigenvalue weighted by Gasteiger charge is 2.49. The minimum atomic E-state index is -0.386. The van der Waals surface area contributed by atoms with Crippen molar-refractivity contribution < 1.29 is 14.0 Å². The van der Waals surface area contributed by atoms with E-state index in [0.717, 1.165) is 37.9 Å². The molecule has 1 aliphatic carbocycles. The Balaban J connectivity index is 1.34. The molecule has 2 saturated heterocycles. The predicted molar refractivity (Wildman–Crippen MR) is 95.8 cm³/mol. The molecule has 26 heavy (non-hydrogen) atoms. The van der Waals surface area contributed by atoms with Crippen molar-refractivity contribution in [3.05, 3.63) is 35.6 Å². The summed E-state index contributed by atoms with van der Waals surface area (Å²) in [5.74, 6) is 0.637. The van der Waals surface area contributed by atoms with Crippen molar-refractivity contribution in [1.29, 1.82) is 0 Å². The number of hydrogen-bond acceptors (Lipinski definition) is 2. The Bertz CT molecular complexity index is 706. The molecule has 0 aromatic heterocycles. The van der Waals surface area contributed by atoms with Crippen molar-refractivity contribution in [1.82, 2.24) is 15.1 Å². The maximum Gasteiger partial charge on any atom is 0.317 e. The molecule has 1 aromatic rings. The number of carbonyl (C=O) groups excluding carboxylic acids is 2. The number of halogens is 1. The topological polar surface area (TPSA) is 52.7 Å². The first-order valence-corrected chi connectivity index (χ1v) is 9.62. The van der Waals surface area contributed by atoms with E-state index in [1.807, 2.05) is 4.90 Å². The summed E-state index contributed by atoms with van der Waals surface area (Å²) in [6.45, 7) is 3.16. The Kier molecular flexibility index (Phi) is 4.59. The van der Waals surface area contributed by atoms with E-state index in [4.69, 9.17) is 0 Å². The number of piperidine rings is 1. The van der Waals surface area contributed by atoms with Gasteiger partial charge in [-0.2, -0.15) is 0 Å². The summed E-state index contributed by atoms with van der Waals surface area (Å²) in [7, 11) is 0. The van der Waals surface area contributed by atoms with E-state index in [9.17, 15) is 14.0 Å². The average molecular weight is 359 g/mol. The van der Waals surface area contributed by atoms with Crippen LogP contribution in [-0.2, 0) is 11.3 Å². The molecule has 2 heterocycles. The number of nitrogens with zero attached hydrogens (tertiary/aromatic N) is 2. The van der Waals surface area contributed by atoms with Crippen LogP contribution in [0.25, 0.3) is 0 Å². The molecule has 0 bridgehead atoms. The number of hydrogen-bond donors (Lipinski definition) is 1. The van der Waals surface area contributed by atoms with E-state index in [-0.39, 0.29) is 23.2 Å². The average Bonchev–Trinajstić information content (AvgIpc) is 3.35. The van der Waals surface area contributed by atoms with Crippen LogP contribution in [0.15, 0.2) is 24.3 Å². The monoisotopic (exact) mass is 359 g/mol. The first-order chi connectivity index (χ1) is 12.6. The van der Waals surface area contributed by atoms with Gasteiger partial charge in [-0.05, 0) is 55.7 Å². The summed E-state index contributed by atoms with van der Waals surface area (Å²) in [5.41, 5.74) is 0.347. The Hall–Kier alpha value is -2.11. The number of nitrogens with one attached hydrogen (secondary N) is 1. The van der Waals surface area contributed by atoms with E-state index in [1.165, 1.54) is 25.0 Å². The highest BCUT2D eigenvalue weighted by atomic mass is 19.1. The second-order valence-corrected chi connectivity index (χ2v) is 8.04. The summed E-state index contributed by atoms with van der Waals surface area (Å²) in [4.78, 5) is 29.3. The van der Waals surface area contributed by atoms with Gasteiger partial charge in [-0.15, -0.1) is 0 Å². The van der Waals surface area contributed by atoms with Crippen LogP contribution in [0.4, 0.5) is 9.18 Å². The third-order valence-electron chi connectivity index (χ3n) is 5.97. The van der Waals surface area contributed by atoms with Crippen LogP contribution in [-0.4, -0.2) is 47.9 Å². The van der Waals surface area contributed by atoms with E-state index >= 15 is 0 Å². The standard InChI is InChI=1S/C20H26FN3O2/c21-17-4-1-3-16(11-17)12-22-19(26)24-10-8-20(14-24)7-2-9-23(18(20)25)13-15-5-6-15/h1,3-4,11,15H,2,5-10,12-14H2,(H,22,26)/t20-/m0/s1. The van der Waals surface area contributed by atoms with Gasteiger partial charge in [-0.3, -0.25) is 4.79 Å². The maximum absolute atomic E-state index is 13.2. The molecule has 3 aliphatic rings. The van der Waals surface area contributed by atoms with Gasteiger partial charge < -0.3 is 15.1 Å². The van der Waals surface area contributed by atoms with Crippen LogP contribution in [0, 0.1) is 17.2 Å². The van der Waals surface area contributed by atoms with Crippen LogP contribution in [0.5, 0.6) is 0 Å². The lowest BCUT2D eigenvalue weighted by molar-refractivity contribution is -0.145. The zero-order chi connectivity index (χ0) is 18.1. The molecular formula is C20H26FN3O2. The third-order valence-corrected chi connectivity index (χ3v) is 5.97. The summed E-state index contributed by atoms with van der Waals surface area (Å²) >= 11 is 0. The number of urea groups is 1. The number of benzene rings is 1. The van der Waals surface area contributed by atoms with Crippen molar-refractivity contribution in [2.75, 3.05) is 26.2 Å². The van der Waals surface area contributed by atoms with Gasteiger partial charge in [0.05, 0.1) is 5.41 Å². The van der Waals surface area contributed by atoms with Crippen LogP contribution in [0.1, 0.15) is 37.7 Å². The molecule has 3 fully saturated rings. The van der Waals surface area contributed by atoms with Gasteiger partial charge in [0.15, 0.2) is 0 Å². The Morgan fingerprint density at radius 1 is 1.27 bits per heavy atom. The molecule has 1 N–H and O–H groups in total. The van der Waals surface area contributed by atoms with E-state index in [1.54, 1.807) is 17.0 Å². The Labute approximate surface area is 153 Å². The number of amides is 3. The zero-order valence-corrected chi connectivity index (χ0v) is 15.0.